The van der Waals surface area contributed by atoms with Crippen LogP contribution in [0.15, 0.2) is 0 Å². The third kappa shape index (κ3) is 4.62. The Morgan fingerprint density at radius 2 is 1.14 bits per heavy atom. The number of halogens is 4. The summed E-state index contributed by atoms with van der Waals surface area (Å²) in [6.45, 7) is 7.85. The summed E-state index contributed by atoms with van der Waals surface area (Å²) >= 11 is 13.8. The molecule has 0 aromatic heterocycles. The highest BCUT2D eigenvalue weighted by Gasteiger charge is 2.39. The number of Topliss-reactive ketones (excluding diaryl/α,β-unsaturated/α-hetero) is 1. The van der Waals surface area contributed by atoms with Crippen molar-refractivity contribution in [2.45, 2.75) is 46.0 Å². The van der Waals surface area contributed by atoms with Gasteiger partial charge in [-0.3, -0.25) is 4.79 Å². The van der Waals surface area contributed by atoms with Crippen LogP contribution in [0.2, 0.25) is 0 Å². The van der Waals surface area contributed by atoms with E-state index >= 15 is 0 Å². The van der Waals surface area contributed by atoms with Gasteiger partial charge in [-0.1, -0.05) is 63.7 Å². The minimum atomic E-state index is -0.242. The number of carbonyl (C=O) groups excluding carboxylic acids is 1. The van der Waals surface area contributed by atoms with Crippen LogP contribution in [-0.2, 0) is 4.79 Å². The van der Waals surface area contributed by atoms with Crippen LogP contribution in [0.4, 0.5) is 0 Å². The van der Waals surface area contributed by atoms with Gasteiger partial charge in [0.05, 0.1) is 9.65 Å². The molecule has 0 aromatic carbocycles. The summed E-state index contributed by atoms with van der Waals surface area (Å²) in [4.78, 5) is 11.6. The molecule has 0 aliphatic carbocycles. The zero-order valence-electron chi connectivity index (χ0n) is 8.57. The molecule has 0 saturated heterocycles. The Kier molecular flexibility index (Phi) is 5.88. The fourth-order valence-corrected chi connectivity index (χ4v) is 2.14. The van der Waals surface area contributed by atoms with Crippen LogP contribution in [-0.4, -0.2) is 24.1 Å². The van der Waals surface area contributed by atoms with E-state index in [9.17, 15) is 4.79 Å². The SMILES string of the molecule is CC(C)(Br)[C@H](Br)C(=O)[C@H](Br)C(C)(C)Br. The monoisotopic (exact) mass is 454 g/mol. The molecule has 0 fully saturated rings. The van der Waals surface area contributed by atoms with Gasteiger partial charge in [0, 0.05) is 8.65 Å². The molecule has 0 N–H and O–H groups in total. The first-order chi connectivity index (χ1) is 5.98. The van der Waals surface area contributed by atoms with Gasteiger partial charge < -0.3 is 0 Å². The fourth-order valence-electron chi connectivity index (χ4n) is 0.805. The minimum Gasteiger partial charge on any atom is -0.297 e. The maximum Gasteiger partial charge on any atom is 0.162 e. The molecule has 0 aromatic rings. The molecule has 0 radical (unpaired) electrons. The lowest BCUT2D eigenvalue weighted by Crippen LogP contribution is -2.43. The summed E-state index contributed by atoms with van der Waals surface area (Å²) < 4.78 is -0.483. The summed E-state index contributed by atoms with van der Waals surface area (Å²) in [5.41, 5.74) is 0. The molecular formula is C9H14Br4O. The molecule has 0 heterocycles. The van der Waals surface area contributed by atoms with Gasteiger partial charge in [0.15, 0.2) is 5.78 Å². The van der Waals surface area contributed by atoms with E-state index < -0.39 is 0 Å². The van der Waals surface area contributed by atoms with E-state index in [2.05, 4.69) is 63.7 Å². The van der Waals surface area contributed by atoms with Crippen molar-refractivity contribution in [3.63, 3.8) is 0 Å². The van der Waals surface area contributed by atoms with Crippen LogP contribution in [0.1, 0.15) is 27.7 Å². The highest BCUT2D eigenvalue weighted by Crippen LogP contribution is 2.35. The molecule has 2 atom stereocenters. The lowest BCUT2D eigenvalue weighted by Gasteiger charge is -2.29. The number of hydrogen-bond donors (Lipinski definition) is 0. The van der Waals surface area contributed by atoms with Crippen molar-refractivity contribution in [1.29, 1.82) is 0 Å². The summed E-state index contributed by atoms with van der Waals surface area (Å²) in [6.07, 6.45) is 0. The van der Waals surface area contributed by atoms with Gasteiger partial charge in [-0.25, -0.2) is 0 Å². The lowest BCUT2D eigenvalue weighted by molar-refractivity contribution is -0.118. The summed E-state index contributed by atoms with van der Waals surface area (Å²) in [5.74, 6) is 0.133. The van der Waals surface area contributed by atoms with Crippen LogP contribution in [0.3, 0.4) is 0 Å². The van der Waals surface area contributed by atoms with E-state index in [4.69, 9.17) is 0 Å². The van der Waals surface area contributed by atoms with E-state index in [1.54, 1.807) is 0 Å². The first-order valence-corrected chi connectivity index (χ1v) is 7.59. The molecule has 0 amide bonds. The maximum absolute atomic E-state index is 12.0. The lowest BCUT2D eigenvalue weighted by atomic mass is 9.99. The second-order valence-corrected chi connectivity index (χ2v) is 10.2. The smallest absolute Gasteiger partial charge is 0.162 e. The van der Waals surface area contributed by atoms with Gasteiger partial charge >= 0.3 is 0 Å². The van der Waals surface area contributed by atoms with E-state index in [1.807, 2.05) is 27.7 Å². The van der Waals surface area contributed by atoms with Crippen LogP contribution in [0.25, 0.3) is 0 Å². The Balaban J connectivity index is 4.65. The third-order valence-electron chi connectivity index (χ3n) is 1.70. The molecule has 14 heavy (non-hydrogen) atoms. The average molecular weight is 458 g/mol. The molecule has 0 rings (SSSR count). The van der Waals surface area contributed by atoms with Crippen molar-refractivity contribution in [1.82, 2.24) is 0 Å². The van der Waals surface area contributed by atoms with Crippen LogP contribution in [0.5, 0.6) is 0 Å². The predicted molar refractivity (Wildman–Crippen MR) is 76.4 cm³/mol. The van der Waals surface area contributed by atoms with Crippen LogP contribution >= 0.6 is 63.7 Å². The normalized spacial score (nSPS) is 17.7. The van der Waals surface area contributed by atoms with Gasteiger partial charge in [0.2, 0.25) is 0 Å². The zero-order chi connectivity index (χ0) is 11.7. The molecule has 1 nitrogen and oxygen atoms in total. The zero-order valence-corrected chi connectivity index (χ0v) is 14.9. The van der Waals surface area contributed by atoms with Crippen molar-refractivity contribution in [2.24, 2.45) is 0 Å². The van der Waals surface area contributed by atoms with Gasteiger partial charge in [-0.2, -0.15) is 0 Å². The molecule has 0 aliphatic rings. The van der Waals surface area contributed by atoms with Gasteiger partial charge in [0.25, 0.3) is 0 Å². The van der Waals surface area contributed by atoms with Gasteiger partial charge in [-0.15, -0.1) is 0 Å². The second-order valence-electron chi connectivity index (χ2n) is 4.26. The highest BCUT2D eigenvalue weighted by molar-refractivity contribution is 9.13. The predicted octanol–water partition coefficient (Wildman–Crippen LogP) is 4.43. The maximum atomic E-state index is 12.0. The topological polar surface area (TPSA) is 17.1 Å². The first kappa shape index (κ1) is 15.6. The van der Waals surface area contributed by atoms with E-state index in [0.29, 0.717) is 0 Å². The Morgan fingerprint density at radius 3 is 1.29 bits per heavy atom. The van der Waals surface area contributed by atoms with Crippen molar-refractivity contribution in [2.75, 3.05) is 0 Å². The number of hydrogen-bond acceptors (Lipinski definition) is 1. The van der Waals surface area contributed by atoms with Gasteiger partial charge in [-0.05, 0) is 27.7 Å². The highest BCUT2D eigenvalue weighted by atomic mass is 79.9. The third-order valence-corrected chi connectivity index (χ3v) is 7.04. The Labute approximate surface area is 119 Å². The summed E-state index contributed by atoms with van der Waals surface area (Å²) in [5, 5.41) is 0. The standard InChI is InChI=1S/C9H14Br4O/c1-8(2,12)6(10)5(14)7(11)9(3,4)13/h6-7H,1-4H3/t6-,7+. The molecule has 84 valence electrons. The number of alkyl halides is 4. The molecule has 0 bridgehead atoms. The molecule has 0 spiro atoms. The van der Waals surface area contributed by atoms with E-state index in [1.165, 1.54) is 0 Å². The van der Waals surface area contributed by atoms with E-state index in [-0.39, 0.29) is 24.1 Å². The molecule has 0 aliphatic heterocycles. The number of carbonyl (C=O) groups is 1. The average Bonchev–Trinajstić information content (AvgIpc) is 1.97. The minimum absolute atomic E-state index is 0.133. The molecule has 0 unspecified atom stereocenters. The largest absolute Gasteiger partial charge is 0.297 e. The van der Waals surface area contributed by atoms with E-state index in [0.717, 1.165) is 0 Å². The molecule has 5 heteroatoms. The second kappa shape index (κ2) is 5.28. The number of ketones is 1. The quantitative estimate of drug-likeness (QED) is 0.571. The van der Waals surface area contributed by atoms with Crippen molar-refractivity contribution in [3.05, 3.63) is 0 Å². The van der Waals surface area contributed by atoms with Crippen LogP contribution in [0, 0.1) is 0 Å². The summed E-state index contributed by atoms with van der Waals surface area (Å²) in [7, 11) is 0. The Bertz CT molecular complexity index is 192. The first-order valence-electron chi connectivity index (χ1n) is 4.17. The van der Waals surface area contributed by atoms with Gasteiger partial charge in [0.1, 0.15) is 0 Å². The fraction of sp³-hybridized carbons (Fsp3) is 0.889. The number of rotatable bonds is 4. The Hall–Kier alpha value is 1.59. The van der Waals surface area contributed by atoms with Crippen LogP contribution < -0.4 is 0 Å². The molecular weight excluding hydrogens is 444 g/mol. The summed E-state index contributed by atoms with van der Waals surface area (Å²) in [6, 6.07) is 0. The van der Waals surface area contributed by atoms with Crippen molar-refractivity contribution in [3.8, 4) is 0 Å². The van der Waals surface area contributed by atoms with Crippen molar-refractivity contribution >= 4 is 69.5 Å². The Morgan fingerprint density at radius 1 is 0.929 bits per heavy atom. The van der Waals surface area contributed by atoms with Crippen molar-refractivity contribution < 1.29 is 4.79 Å². The molecule has 0 saturated carbocycles.